The highest BCUT2D eigenvalue weighted by Gasteiger charge is 2.13. The lowest BCUT2D eigenvalue weighted by atomic mass is 10.2. The number of rotatable bonds is 4. The molecule has 2 heterocycles. The van der Waals surface area contributed by atoms with Crippen LogP contribution in [-0.4, -0.2) is 26.8 Å². The number of nitrogens with zero attached hydrogens (tertiary/aromatic N) is 3. The van der Waals surface area contributed by atoms with E-state index in [2.05, 4.69) is 25.6 Å². The molecule has 120 valence electrons. The Labute approximate surface area is 141 Å². The first-order valence-corrected chi connectivity index (χ1v) is 7.91. The maximum absolute atomic E-state index is 12.2. The first-order chi connectivity index (χ1) is 11.6. The van der Waals surface area contributed by atoms with E-state index < -0.39 is 0 Å². The number of hydrogen-bond acceptors (Lipinski definition) is 6. The number of aromatic nitrogens is 3. The van der Waals surface area contributed by atoms with E-state index in [-0.39, 0.29) is 11.8 Å². The second-order valence-corrected chi connectivity index (χ2v) is 5.70. The fourth-order valence-corrected chi connectivity index (χ4v) is 2.70. The average Bonchev–Trinajstić information content (AvgIpc) is 3.07. The van der Waals surface area contributed by atoms with Gasteiger partial charge in [0.15, 0.2) is 0 Å². The predicted octanol–water partition coefficient (Wildman–Crippen LogP) is 2.81. The van der Waals surface area contributed by atoms with Gasteiger partial charge in [-0.3, -0.25) is 19.6 Å². The molecule has 1 aromatic carbocycles. The van der Waals surface area contributed by atoms with Crippen molar-refractivity contribution in [1.29, 1.82) is 0 Å². The van der Waals surface area contributed by atoms with Crippen molar-refractivity contribution in [3.05, 3.63) is 53.9 Å². The summed E-state index contributed by atoms with van der Waals surface area (Å²) < 4.78 is 0. The number of nitrogens with one attached hydrogen (secondary N) is 2. The van der Waals surface area contributed by atoms with E-state index in [4.69, 9.17) is 0 Å². The van der Waals surface area contributed by atoms with Gasteiger partial charge in [0.25, 0.3) is 5.91 Å². The number of carbonyl (C=O) groups excluding carboxylic acids is 2. The molecule has 0 bridgehead atoms. The van der Waals surface area contributed by atoms with Crippen molar-refractivity contribution in [3.63, 3.8) is 0 Å². The van der Waals surface area contributed by atoms with Crippen molar-refractivity contribution in [1.82, 2.24) is 15.0 Å². The number of hydrogen-bond donors (Lipinski definition) is 2. The summed E-state index contributed by atoms with van der Waals surface area (Å²) in [6, 6.07) is 6.84. The molecule has 2 N–H and O–H groups in total. The summed E-state index contributed by atoms with van der Waals surface area (Å²) in [7, 11) is 0. The van der Waals surface area contributed by atoms with Gasteiger partial charge >= 0.3 is 0 Å². The van der Waals surface area contributed by atoms with Crippen molar-refractivity contribution in [2.24, 2.45) is 0 Å². The SMILES string of the molecule is CC(=O)Nc1ccc(NC(=O)c2csc(-c3cnccn3)n2)cc1. The molecule has 0 aliphatic rings. The highest BCUT2D eigenvalue weighted by molar-refractivity contribution is 7.13. The Morgan fingerprint density at radius 2 is 1.75 bits per heavy atom. The van der Waals surface area contributed by atoms with E-state index in [1.165, 1.54) is 18.3 Å². The smallest absolute Gasteiger partial charge is 0.275 e. The van der Waals surface area contributed by atoms with Gasteiger partial charge in [0.1, 0.15) is 16.4 Å². The second kappa shape index (κ2) is 6.97. The van der Waals surface area contributed by atoms with Crippen LogP contribution in [0.1, 0.15) is 17.4 Å². The average molecular weight is 339 g/mol. The van der Waals surface area contributed by atoms with Crippen molar-refractivity contribution in [2.45, 2.75) is 6.92 Å². The monoisotopic (exact) mass is 339 g/mol. The molecule has 0 aliphatic carbocycles. The van der Waals surface area contributed by atoms with E-state index >= 15 is 0 Å². The van der Waals surface area contributed by atoms with Crippen LogP contribution in [-0.2, 0) is 4.79 Å². The van der Waals surface area contributed by atoms with Gasteiger partial charge in [-0.2, -0.15) is 0 Å². The lowest BCUT2D eigenvalue weighted by Crippen LogP contribution is -2.12. The maximum Gasteiger partial charge on any atom is 0.275 e. The Hall–Kier alpha value is -3.13. The minimum Gasteiger partial charge on any atom is -0.326 e. The molecule has 0 atom stereocenters. The van der Waals surface area contributed by atoms with Crippen molar-refractivity contribution in [3.8, 4) is 10.7 Å². The van der Waals surface area contributed by atoms with Crippen LogP contribution in [0, 0.1) is 0 Å². The van der Waals surface area contributed by atoms with Gasteiger partial charge in [-0.15, -0.1) is 11.3 Å². The minimum atomic E-state index is -0.311. The molecule has 0 spiro atoms. The summed E-state index contributed by atoms with van der Waals surface area (Å²) in [4.78, 5) is 35.7. The molecule has 0 saturated carbocycles. The first-order valence-electron chi connectivity index (χ1n) is 7.03. The number of amides is 2. The Morgan fingerprint density at radius 3 is 2.38 bits per heavy atom. The third kappa shape index (κ3) is 3.79. The molecule has 2 amide bonds. The summed E-state index contributed by atoms with van der Waals surface area (Å²) in [5, 5.41) is 7.73. The zero-order valence-corrected chi connectivity index (χ0v) is 13.5. The zero-order chi connectivity index (χ0) is 16.9. The predicted molar refractivity (Wildman–Crippen MR) is 91.8 cm³/mol. The topological polar surface area (TPSA) is 96.9 Å². The largest absolute Gasteiger partial charge is 0.326 e. The van der Waals surface area contributed by atoms with E-state index in [9.17, 15) is 9.59 Å². The van der Waals surface area contributed by atoms with Crippen LogP contribution in [0.2, 0.25) is 0 Å². The Bertz CT molecular complexity index is 862. The molecule has 2 aromatic heterocycles. The van der Waals surface area contributed by atoms with Crippen LogP contribution in [0.25, 0.3) is 10.7 Å². The highest BCUT2D eigenvalue weighted by Crippen LogP contribution is 2.21. The van der Waals surface area contributed by atoms with Gasteiger partial charge in [-0.25, -0.2) is 4.98 Å². The molecule has 7 nitrogen and oxygen atoms in total. The van der Waals surface area contributed by atoms with Gasteiger partial charge in [-0.1, -0.05) is 0 Å². The quantitative estimate of drug-likeness (QED) is 0.762. The van der Waals surface area contributed by atoms with Crippen LogP contribution < -0.4 is 10.6 Å². The molecule has 24 heavy (non-hydrogen) atoms. The highest BCUT2D eigenvalue weighted by atomic mass is 32.1. The number of thiazole rings is 1. The molecule has 3 aromatic rings. The van der Waals surface area contributed by atoms with E-state index in [0.29, 0.717) is 27.8 Å². The second-order valence-electron chi connectivity index (χ2n) is 4.84. The van der Waals surface area contributed by atoms with Crippen LogP contribution in [0.5, 0.6) is 0 Å². The van der Waals surface area contributed by atoms with Crippen LogP contribution in [0.4, 0.5) is 11.4 Å². The van der Waals surface area contributed by atoms with Gasteiger partial charge in [-0.05, 0) is 24.3 Å². The zero-order valence-electron chi connectivity index (χ0n) is 12.7. The van der Waals surface area contributed by atoms with Gasteiger partial charge in [0, 0.05) is 36.1 Å². The molecule has 0 radical (unpaired) electrons. The summed E-state index contributed by atoms with van der Waals surface area (Å²) in [5.74, 6) is -0.459. The molecular weight excluding hydrogens is 326 g/mol. The molecule has 0 saturated heterocycles. The molecule has 8 heteroatoms. The van der Waals surface area contributed by atoms with Crippen LogP contribution >= 0.6 is 11.3 Å². The molecule has 3 rings (SSSR count). The standard InChI is InChI=1S/C16H13N5O2S/c1-10(22)19-11-2-4-12(5-3-11)20-15(23)14-9-24-16(21-14)13-8-17-6-7-18-13/h2-9H,1H3,(H,19,22)(H,20,23). The fourth-order valence-electron chi connectivity index (χ4n) is 1.94. The summed E-state index contributed by atoms with van der Waals surface area (Å²) in [6.07, 6.45) is 4.75. The van der Waals surface area contributed by atoms with Crippen molar-refractivity contribution in [2.75, 3.05) is 10.6 Å². The Morgan fingerprint density at radius 1 is 1.04 bits per heavy atom. The molecular formula is C16H13N5O2S. The van der Waals surface area contributed by atoms with E-state index in [1.54, 1.807) is 48.2 Å². The van der Waals surface area contributed by atoms with Gasteiger partial charge < -0.3 is 10.6 Å². The van der Waals surface area contributed by atoms with Gasteiger partial charge in [0.05, 0.1) is 6.20 Å². The van der Waals surface area contributed by atoms with E-state index in [0.717, 1.165) is 0 Å². The van der Waals surface area contributed by atoms with E-state index in [1.807, 2.05) is 0 Å². The lowest BCUT2D eigenvalue weighted by molar-refractivity contribution is -0.114. The van der Waals surface area contributed by atoms with Crippen LogP contribution in [0.15, 0.2) is 48.2 Å². The van der Waals surface area contributed by atoms with Gasteiger partial charge in [0.2, 0.25) is 5.91 Å². The fraction of sp³-hybridized carbons (Fsp3) is 0.0625. The van der Waals surface area contributed by atoms with Crippen molar-refractivity contribution < 1.29 is 9.59 Å². The Balaban J connectivity index is 1.69. The summed E-state index contributed by atoms with van der Waals surface area (Å²) in [5.41, 5.74) is 2.22. The third-order valence-corrected chi connectivity index (χ3v) is 3.85. The molecule has 0 aliphatic heterocycles. The molecule has 0 fully saturated rings. The summed E-state index contributed by atoms with van der Waals surface area (Å²) in [6.45, 7) is 1.44. The van der Waals surface area contributed by atoms with Crippen molar-refractivity contribution >= 4 is 34.5 Å². The number of benzene rings is 1. The number of carbonyl (C=O) groups is 2. The minimum absolute atomic E-state index is 0.147. The molecule has 0 unspecified atom stereocenters. The normalized spacial score (nSPS) is 10.2. The lowest BCUT2D eigenvalue weighted by Gasteiger charge is -2.05. The first kappa shape index (κ1) is 15.8. The van der Waals surface area contributed by atoms with Crippen LogP contribution in [0.3, 0.4) is 0 Å². The summed E-state index contributed by atoms with van der Waals surface area (Å²) >= 11 is 1.33. The maximum atomic E-state index is 12.2. The number of anilines is 2. The Kier molecular flexibility index (Phi) is 4.57. The third-order valence-electron chi connectivity index (χ3n) is 2.98.